The fourth-order valence-corrected chi connectivity index (χ4v) is 3.25. The molecule has 5 nitrogen and oxygen atoms in total. The molecule has 1 aliphatic rings. The summed E-state index contributed by atoms with van der Waals surface area (Å²) in [7, 11) is 3.85. The van der Waals surface area contributed by atoms with E-state index in [0.29, 0.717) is 5.92 Å². The van der Waals surface area contributed by atoms with E-state index in [-0.39, 0.29) is 29.8 Å². The first kappa shape index (κ1) is 20.0. The number of halogens is 2. The third-order valence-corrected chi connectivity index (χ3v) is 4.54. The Bertz CT molecular complexity index is 712. The van der Waals surface area contributed by atoms with Crippen LogP contribution in [0, 0.1) is 11.7 Å². The zero-order chi connectivity index (χ0) is 16.9. The molecule has 3 rings (SSSR count). The number of aromatic amines is 1. The topological polar surface area (TPSA) is 52.7 Å². The average Bonchev–Trinajstić information content (AvgIpc) is 3.21. The highest BCUT2D eigenvalue weighted by molar-refractivity contribution is 14.0. The number of fused-ring (bicyclic) bond motifs is 1. The molecule has 138 valence electrons. The fraction of sp³-hybridized carbons (Fsp3) is 0.500. The molecular formula is C18H26FIN4O. The van der Waals surface area contributed by atoms with E-state index in [1.54, 1.807) is 19.2 Å². The van der Waals surface area contributed by atoms with Gasteiger partial charge in [-0.05, 0) is 36.6 Å². The molecule has 1 atom stereocenters. The van der Waals surface area contributed by atoms with Gasteiger partial charge >= 0.3 is 0 Å². The van der Waals surface area contributed by atoms with Crippen LogP contribution in [0.5, 0.6) is 0 Å². The van der Waals surface area contributed by atoms with E-state index in [9.17, 15) is 4.39 Å². The Kier molecular flexibility index (Phi) is 7.49. The van der Waals surface area contributed by atoms with Gasteiger partial charge in [0, 0.05) is 56.8 Å². The summed E-state index contributed by atoms with van der Waals surface area (Å²) in [6.07, 6.45) is 3.87. The summed E-state index contributed by atoms with van der Waals surface area (Å²) >= 11 is 0. The van der Waals surface area contributed by atoms with Crippen LogP contribution in [0.25, 0.3) is 10.9 Å². The van der Waals surface area contributed by atoms with Crippen LogP contribution in [0.4, 0.5) is 4.39 Å². The number of hydrogen-bond donors (Lipinski definition) is 2. The van der Waals surface area contributed by atoms with Gasteiger partial charge in [-0.2, -0.15) is 0 Å². The van der Waals surface area contributed by atoms with E-state index in [1.165, 1.54) is 6.07 Å². The van der Waals surface area contributed by atoms with Crippen molar-refractivity contribution < 1.29 is 9.13 Å². The zero-order valence-corrected chi connectivity index (χ0v) is 17.0. The molecule has 0 bridgehead atoms. The van der Waals surface area contributed by atoms with E-state index in [4.69, 9.17) is 4.74 Å². The monoisotopic (exact) mass is 460 g/mol. The van der Waals surface area contributed by atoms with Gasteiger partial charge in [-0.1, -0.05) is 0 Å². The van der Waals surface area contributed by atoms with E-state index in [1.807, 2.05) is 6.20 Å². The quantitative estimate of drug-likeness (QED) is 0.410. The van der Waals surface area contributed by atoms with Crippen LogP contribution in [0.1, 0.15) is 12.0 Å². The van der Waals surface area contributed by atoms with Gasteiger partial charge in [-0.3, -0.25) is 4.99 Å². The Balaban J connectivity index is 0.00000225. The molecule has 7 heteroatoms. The highest BCUT2D eigenvalue weighted by atomic mass is 127. The maximum atomic E-state index is 13.4. The lowest BCUT2D eigenvalue weighted by atomic mass is 10.1. The minimum Gasteiger partial charge on any atom is -0.381 e. The van der Waals surface area contributed by atoms with Crippen LogP contribution >= 0.6 is 24.0 Å². The minimum atomic E-state index is -0.203. The third kappa shape index (κ3) is 5.07. The lowest BCUT2D eigenvalue weighted by Gasteiger charge is -2.24. The van der Waals surface area contributed by atoms with Crippen LogP contribution in [0.2, 0.25) is 0 Å². The molecule has 0 amide bonds. The van der Waals surface area contributed by atoms with Gasteiger partial charge in [-0.25, -0.2) is 4.39 Å². The summed E-state index contributed by atoms with van der Waals surface area (Å²) in [5.74, 6) is 1.25. The van der Waals surface area contributed by atoms with Crippen LogP contribution in [-0.4, -0.2) is 56.2 Å². The maximum absolute atomic E-state index is 13.4. The Morgan fingerprint density at radius 2 is 2.32 bits per heavy atom. The number of aromatic nitrogens is 1. The molecule has 0 saturated carbocycles. The molecule has 25 heavy (non-hydrogen) atoms. The van der Waals surface area contributed by atoms with Crippen molar-refractivity contribution in [3.63, 3.8) is 0 Å². The predicted molar refractivity (Wildman–Crippen MR) is 110 cm³/mol. The first-order chi connectivity index (χ1) is 11.7. The van der Waals surface area contributed by atoms with Crippen molar-refractivity contribution in [2.45, 2.75) is 12.8 Å². The van der Waals surface area contributed by atoms with E-state index in [0.717, 1.165) is 61.6 Å². The molecule has 1 saturated heterocycles. The Morgan fingerprint density at radius 3 is 3.04 bits per heavy atom. The van der Waals surface area contributed by atoms with Gasteiger partial charge in [-0.15, -0.1) is 24.0 Å². The second-order valence-corrected chi connectivity index (χ2v) is 6.34. The minimum absolute atomic E-state index is 0. The first-order valence-electron chi connectivity index (χ1n) is 8.42. The summed E-state index contributed by atoms with van der Waals surface area (Å²) in [5.41, 5.74) is 2.08. The van der Waals surface area contributed by atoms with Gasteiger partial charge in [0.1, 0.15) is 5.82 Å². The highest BCUT2D eigenvalue weighted by Crippen LogP contribution is 2.19. The number of rotatable bonds is 5. The smallest absolute Gasteiger partial charge is 0.193 e. The van der Waals surface area contributed by atoms with E-state index < -0.39 is 0 Å². The Hall–Kier alpha value is -1.35. The molecule has 1 aliphatic heterocycles. The number of H-pyrrole nitrogens is 1. The van der Waals surface area contributed by atoms with Crippen LogP contribution in [0.3, 0.4) is 0 Å². The first-order valence-corrected chi connectivity index (χ1v) is 8.42. The number of nitrogens with one attached hydrogen (secondary N) is 2. The summed E-state index contributed by atoms with van der Waals surface area (Å²) in [4.78, 5) is 9.68. The zero-order valence-electron chi connectivity index (χ0n) is 14.7. The van der Waals surface area contributed by atoms with Crippen LogP contribution in [-0.2, 0) is 11.2 Å². The van der Waals surface area contributed by atoms with Crippen molar-refractivity contribution in [3.05, 3.63) is 35.8 Å². The molecule has 0 spiro atoms. The average molecular weight is 460 g/mol. The normalized spacial score (nSPS) is 17.6. The van der Waals surface area contributed by atoms with Gasteiger partial charge in [0.25, 0.3) is 0 Å². The van der Waals surface area contributed by atoms with Gasteiger partial charge in [0.05, 0.1) is 6.61 Å². The van der Waals surface area contributed by atoms with E-state index >= 15 is 0 Å². The number of nitrogens with zero attached hydrogens (tertiary/aromatic N) is 2. The lowest BCUT2D eigenvalue weighted by molar-refractivity contribution is 0.181. The summed E-state index contributed by atoms with van der Waals surface area (Å²) in [5, 5.41) is 4.34. The number of hydrogen-bond acceptors (Lipinski definition) is 2. The Labute approximate surface area is 165 Å². The second kappa shape index (κ2) is 9.38. The number of guanidine groups is 1. The van der Waals surface area contributed by atoms with Crippen molar-refractivity contribution in [2.24, 2.45) is 10.9 Å². The maximum Gasteiger partial charge on any atom is 0.193 e. The number of aliphatic imine (C=N–C) groups is 1. The largest absolute Gasteiger partial charge is 0.381 e. The number of benzene rings is 1. The third-order valence-electron chi connectivity index (χ3n) is 4.54. The molecule has 1 fully saturated rings. The van der Waals surface area contributed by atoms with Crippen LogP contribution < -0.4 is 5.32 Å². The lowest BCUT2D eigenvalue weighted by Crippen LogP contribution is -2.42. The van der Waals surface area contributed by atoms with Gasteiger partial charge in [0.2, 0.25) is 0 Å². The van der Waals surface area contributed by atoms with Crippen LogP contribution in [0.15, 0.2) is 29.4 Å². The molecule has 0 aliphatic carbocycles. The molecule has 0 radical (unpaired) electrons. The van der Waals surface area contributed by atoms with Gasteiger partial charge < -0.3 is 19.9 Å². The molecule has 2 heterocycles. The molecule has 2 aromatic rings. The van der Waals surface area contributed by atoms with Crippen molar-refractivity contribution in [1.82, 2.24) is 15.2 Å². The molecule has 2 N–H and O–H groups in total. The molecule has 1 unspecified atom stereocenters. The highest BCUT2D eigenvalue weighted by Gasteiger charge is 2.19. The summed E-state index contributed by atoms with van der Waals surface area (Å²) in [6.45, 7) is 3.39. The SMILES string of the molecule is CN=C(NCCc1c[nH]c2ccc(F)cc12)N(C)CC1CCOC1.I. The van der Waals surface area contributed by atoms with Crippen molar-refractivity contribution in [2.75, 3.05) is 40.4 Å². The molecular weight excluding hydrogens is 434 g/mol. The summed E-state index contributed by atoms with van der Waals surface area (Å²) < 4.78 is 18.9. The predicted octanol–water partition coefficient (Wildman–Crippen LogP) is 3.01. The van der Waals surface area contributed by atoms with Crippen molar-refractivity contribution in [3.8, 4) is 0 Å². The van der Waals surface area contributed by atoms with Crippen molar-refractivity contribution in [1.29, 1.82) is 0 Å². The number of ether oxygens (including phenoxy) is 1. The molecule has 1 aromatic carbocycles. The standard InChI is InChI=1S/C18H25FN4O.HI/c1-20-18(23(2)11-13-6-8-24-12-13)21-7-5-14-10-22-17-4-3-15(19)9-16(14)17;/h3-4,9-10,13,22H,5-8,11-12H2,1-2H3,(H,20,21);1H. The molecule has 1 aromatic heterocycles. The Morgan fingerprint density at radius 1 is 1.48 bits per heavy atom. The second-order valence-electron chi connectivity index (χ2n) is 6.34. The van der Waals surface area contributed by atoms with Crippen molar-refractivity contribution >= 4 is 40.8 Å². The van der Waals surface area contributed by atoms with Gasteiger partial charge in [0.15, 0.2) is 5.96 Å². The summed E-state index contributed by atoms with van der Waals surface area (Å²) in [6, 6.07) is 4.84. The fourth-order valence-electron chi connectivity index (χ4n) is 3.25. The van der Waals surface area contributed by atoms with E-state index in [2.05, 4.69) is 27.2 Å².